The van der Waals surface area contributed by atoms with Gasteiger partial charge in [0.25, 0.3) is 11.5 Å². The summed E-state index contributed by atoms with van der Waals surface area (Å²) in [4.78, 5) is 52.0. The number of anilines is 2. The molecule has 2 aromatic rings. The first-order chi connectivity index (χ1) is 13.4. The van der Waals surface area contributed by atoms with Gasteiger partial charge in [-0.25, -0.2) is 4.79 Å². The van der Waals surface area contributed by atoms with Crippen molar-refractivity contribution in [1.29, 1.82) is 0 Å². The summed E-state index contributed by atoms with van der Waals surface area (Å²) in [7, 11) is 0. The zero-order chi connectivity index (χ0) is 20.7. The maximum Gasteiger partial charge on any atom is 0.330 e. The third kappa shape index (κ3) is 4.87. The van der Waals surface area contributed by atoms with Gasteiger partial charge in [0.05, 0.1) is 6.54 Å². The number of hydrogen-bond acceptors (Lipinski definition) is 6. The van der Waals surface area contributed by atoms with Gasteiger partial charge in [0.1, 0.15) is 5.82 Å². The fourth-order valence-corrected chi connectivity index (χ4v) is 2.67. The van der Waals surface area contributed by atoms with E-state index in [9.17, 15) is 19.2 Å². The Hall–Kier alpha value is -3.36. The summed E-state index contributed by atoms with van der Waals surface area (Å²) in [6.45, 7) is 3.23. The average Bonchev–Trinajstić information content (AvgIpc) is 2.69. The molecule has 0 fully saturated rings. The van der Waals surface area contributed by atoms with Crippen molar-refractivity contribution < 1.29 is 14.3 Å². The van der Waals surface area contributed by atoms with Crippen LogP contribution in [0.1, 0.15) is 32.3 Å². The molecule has 0 aliphatic carbocycles. The molecule has 3 N–H and O–H groups in total. The number of benzene rings is 1. The van der Waals surface area contributed by atoms with Crippen LogP contribution in [0.15, 0.2) is 39.9 Å². The quantitative estimate of drug-likeness (QED) is 0.646. The van der Waals surface area contributed by atoms with E-state index < -0.39 is 29.7 Å². The maximum absolute atomic E-state index is 12.6. The fourth-order valence-electron chi connectivity index (χ4n) is 2.67. The predicted molar refractivity (Wildman–Crippen MR) is 105 cm³/mol. The number of H-pyrrole nitrogens is 1. The summed E-state index contributed by atoms with van der Waals surface area (Å²) in [5, 5.41) is 0. The number of carbonyl (C=O) groups is 2. The molecule has 0 bridgehead atoms. The fraction of sp³-hybridized carbons (Fsp3) is 0.368. The van der Waals surface area contributed by atoms with E-state index >= 15 is 0 Å². The van der Waals surface area contributed by atoms with Crippen molar-refractivity contribution in [1.82, 2.24) is 9.55 Å². The minimum Gasteiger partial charge on any atom is -0.456 e. The molecule has 0 spiro atoms. The Kier molecular flexibility index (Phi) is 7.14. The van der Waals surface area contributed by atoms with Gasteiger partial charge in [0.15, 0.2) is 12.3 Å². The topological polar surface area (TPSA) is 127 Å². The van der Waals surface area contributed by atoms with Crippen LogP contribution in [0.2, 0.25) is 0 Å². The van der Waals surface area contributed by atoms with Gasteiger partial charge in [-0.05, 0) is 12.0 Å². The largest absolute Gasteiger partial charge is 0.456 e. The summed E-state index contributed by atoms with van der Waals surface area (Å²) in [6, 6.07) is 9.11. The lowest BCUT2D eigenvalue weighted by Crippen LogP contribution is -2.43. The van der Waals surface area contributed by atoms with Gasteiger partial charge in [-0.1, -0.05) is 44.2 Å². The average molecular weight is 388 g/mol. The van der Waals surface area contributed by atoms with E-state index in [0.29, 0.717) is 6.42 Å². The number of ether oxygens (including phenoxy) is 1. The van der Waals surface area contributed by atoms with Crippen LogP contribution in [-0.4, -0.2) is 34.6 Å². The Bertz CT molecular complexity index is 949. The number of aromatic amines is 1. The Morgan fingerprint density at radius 3 is 2.46 bits per heavy atom. The number of nitrogen functional groups attached to an aromatic ring is 1. The zero-order valence-corrected chi connectivity index (χ0v) is 15.9. The highest BCUT2D eigenvalue weighted by atomic mass is 16.5. The van der Waals surface area contributed by atoms with E-state index in [1.165, 1.54) is 4.57 Å². The lowest BCUT2D eigenvalue weighted by atomic mass is 10.2. The first kappa shape index (κ1) is 20.9. The highest BCUT2D eigenvalue weighted by Gasteiger charge is 2.24. The molecule has 2 rings (SSSR count). The van der Waals surface area contributed by atoms with Crippen LogP contribution in [0.25, 0.3) is 0 Å². The van der Waals surface area contributed by atoms with Crippen LogP contribution in [-0.2, 0) is 20.9 Å². The number of nitrogens with one attached hydrogen (secondary N) is 1. The Morgan fingerprint density at radius 1 is 1.18 bits per heavy atom. The predicted octanol–water partition coefficient (Wildman–Crippen LogP) is 0.863. The number of hydrogen-bond donors (Lipinski definition) is 2. The third-order valence-corrected chi connectivity index (χ3v) is 4.06. The molecule has 1 aromatic heterocycles. The van der Waals surface area contributed by atoms with Gasteiger partial charge in [-0.3, -0.25) is 23.9 Å². The first-order valence-corrected chi connectivity index (χ1v) is 9.01. The molecule has 0 radical (unpaired) electrons. The highest BCUT2D eigenvalue weighted by molar-refractivity contribution is 5.97. The van der Waals surface area contributed by atoms with Gasteiger partial charge in [-0.15, -0.1) is 0 Å². The zero-order valence-electron chi connectivity index (χ0n) is 15.9. The van der Waals surface area contributed by atoms with Gasteiger partial charge < -0.3 is 15.4 Å². The monoisotopic (exact) mass is 388 g/mol. The number of aromatic nitrogens is 2. The van der Waals surface area contributed by atoms with Crippen LogP contribution < -0.4 is 21.9 Å². The van der Waals surface area contributed by atoms with Gasteiger partial charge in [-0.2, -0.15) is 0 Å². The third-order valence-electron chi connectivity index (χ3n) is 4.06. The van der Waals surface area contributed by atoms with E-state index in [1.807, 2.05) is 37.3 Å². The number of amides is 1. The van der Waals surface area contributed by atoms with Crippen LogP contribution in [0.3, 0.4) is 0 Å². The van der Waals surface area contributed by atoms with Crippen molar-refractivity contribution in [3.8, 4) is 0 Å². The lowest BCUT2D eigenvalue weighted by Gasteiger charge is -2.24. The molecule has 1 amide bonds. The van der Waals surface area contributed by atoms with Crippen molar-refractivity contribution in [3.05, 3.63) is 56.7 Å². The molecule has 9 heteroatoms. The Morgan fingerprint density at radius 2 is 1.86 bits per heavy atom. The van der Waals surface area contributed by atoms with E-state index in [1.54, 1.807) is 6.92 Å². The van der Waals surface area contributed by atoms with E-state index in [0.717, 1.165) is 10.5 Å². The van der Waals surface area contributed by atoms with Gasteiger partial charge in [0.2, 0.25) is 0 Å². The number of carbonyl (C=O) groups excluding carboxylic acids is 2. The summed E-state index contributed by atoms with van der Waals surface area (Å²) in [5.41, 5.74) is 5.36. The van der Waals surface area contributed by atoms with Crippen molar-refractivity contribution >= 4 is 23.4 Å². The van der Waals surface area contributed by atoms with Crippen LogP contribution >= 0.6 is 0 Å². The normalized spacial score (nSPS) is 10.5. The van der Waals surface area contributed by atoms with Crippen LogP contribution in [0.5, 0.6) is 0 Å². The van der Waals surface area contributed by atoms with Crippen molar-refractivity contribution in [3.63, 3.8) is 0 Å². The number of nitrogens with zero attached hydrogens (tertiary/aromatic N) is 2. The standard InChI is InChI=1S/C19H24N4O5/c1-3-10-22(14(24)12-28-15(25)4-2)16-17(20)23(19(27)21-18(16)26)11-13-8-6-5-7-9-13/h5-9H,3-4,10-12,20H2,1-2H3,(H,21,26,27). The molecular formula is C19H24N4O5. The molecule has 28 heavy (non-hydrogen) atoms. The van der Waals surface area contributed by atoms with Gasteiger partial charge in [0, 0.05) is 13.0 Å². The second kappa shape index (κ2) is 9.54. The molecule has 150 valence electrons. The summed E-state index contributed by atoms with van der Waals surface area (Å²) < 4.78 is 6.07. The molecule has 1 heterocycles. The first-order valence-electron chi connectivity index (χ1n) is 9.01. The second-order valence-electron chi connectivity index (χ2n) is 6.12. The van der Waals surface area contributed by atoms with Crippen molar-refractivity contribution in [2.45, 2.75) is 33.2 Å². The van der Waals surface area contributed by atoms with Crippen LogP contribution in [0, 0.1) is 0 Å². The Labute approximate surface area is 161 Å². The highest BCUT2D eigenvalue weighted by Crippen LogP contribution is 2.18. The molecule has 0 saturated carbocycles. The molecule has 0 aliphatic rings. The van der Waals surface area contributed by atoms with Gasteiger partial charge >= 0.3 is 11.7 Å². The second-order valence-corrected chi connectivity index (χ2v) is 6.12. The summed E-state index contributed by atoms with van der Waals surface area (Å²) in [6.07, 6.45) is 0.663. The summed E-state index contributed by atoms with van der Waals surface area (Å²) in [5.74, 6) is -1.24. The molecule has 1 aromatic carbocycles. The molecule has 0 unspecified atom stereocenters. The molecule has 0 aliphatic heterocycles. The molecule has 0 saturated heterocycles. The van der Waals surface area contributed by atoms with E-state index in [2.05, 4.69) is 4.98 Å². The minimum atomic E-state index is -0.768. The van der Waals surface area contributed by atoms with Crippen molar-refractivity contribution in [2.75, 3.05) is 23.8 Å². The maximum atomic E-state index is 12.6. The SMILES string of the molecule is CCCN(C(=O)COC(=O)CC)c1c(N)n(Cc2ccccc2)c(=O)[nH]c1=O. The molecule has 9 nitrogen and oxygen atoms in total. The molecule has 0 atom stereocenters. The van der Waals surface area contributed by atoms with E-state index in [-0.39, 0.29) is 31.0 Å². The van der Waals surface area contributed by atoms with Crippen molar-refractivity contribution in [2.24, 2.45) is 0 Å². The minimum absolute atomic E-state index is 0.124. The number of nitrogens with two attached hydrogens (primary N) is 1. The van der Waals surface area contributed by atoms with Crippen LogP contribution in [0.4, 0.5) is 11.5 Å². The number of esters is 1. The number of rotatable bonds is 8. The Balaban J connectivity index is 2.44. The van der Waals surface area contributed by atoms with E-state index in [4.69, 9.17) is 10.5 Å². The lowest BCUT2D eigenvalue weighted by molar-refractivity contribution is -0.147. The smallest absolute Gasteiger partial charge is 0.330 e. The molecular weight excluding hydrogens is 364 g/mol. The summed E-state index contributed by atoms with van der Waals surface area (Å²) >= 11 is 0.